The molecule has 5 nitrogen and oxygen atoms in total. The average Bonchev–Trinajstić information content (AvgIpc) is 2.96. The number of nitrogens with one attached hydrogen (secondary N) is 1. The van der Waals surface area contributed by atoms with Gasteiger partial charge in [-0.3, -0.25) is 4.79 Å². The van der Waals surface area contributed by atoms with E-state index < -0.39 is 11.4 Å². The summed E-state index contributed by atoms with van der Waals surface area (Å²) in [6, 6.07) is 4.70. The fourth-order valence-electron chi connectivity index (χ4n) is 3.24. The Morgan fingerprint density at radius 1 is 1.46 bits per heavy atom. The van der Waals surface area contributed by atoms with Crippen LogP contribution in [-0.2, 0) is 9.53 Å². The summed E-state index contributed by atoms with van der Waals surface area (Å²) in [5.74, 6) is 5.00. The third-order valence-electron chi connectivity index (χ3n) is 4.39. The minimum Gasteiger partial charge on any atom is -0.453 e. The highest BCUT2D eigenvalue weighted by Crippen LogP contribution is 2.43. The first-order chi connectivity index (χ1) is 11.6. The van der Waals surface area contributed by atoms with Crippen LogP contribution in [0.25, 0.3) is 0 Å². The summed E-state index contributed by atoms with van der Waals surface area (Å²) < 4.78 is 4.75. The molecule has 0 unspecified atom stereocenters. The molecule has 0 aromatic carbocycles. The van der Waals surface area contributed by atoms with Crippen LogP contribution < -0.4 is 5.32 Å². The molecule has 1 saturated heterocycles. The highest BCUT2D eigenvalue weighted by Gasteiger charge is 2.45. The van der Waals surface area contributed by atoms with E-state index in [1.165, 1.54) is 6.92 Å². The molecule has 24 heavy (non-hydrogen) atoms. The number of carbonyl (C=O) groups is 1. The molecule has 2 rings (SSSR count). The van der Waals surface area contributed by atoms with E-state index in [4.69, 9.17) is 4.74 Å². The largest absolute Gasteiger partial charge is 0.453 e. The van der Waals surface area contributed by atoms with E-state index >= 15 is 0 Å². The molecule has 1 fully saturated rings. The number of hydrogen-bond donors (Lipinski definition) is 1. The van der Waals surface area contributed by atoms with Crippen molar-refractivity contribution in [1.82, 2.24) is 5.32 Å². The van der Waals surface area contributed by atoms with Gasteiger partial charge in [-0.25, -0.2) is 0 Å². The van der Waals surface area contributed by atoms with Gasteiger partial charge < -0.3 is 10.1 Å². The summed E-state index contributed by atoms with van der Waals surface area (Å²) in [5, 5.41) is 22.9. The Morgan fingerprint density at radius 2 is 2.21 bits per heavy atom. The van der Waals surface area contributed by atoms with Crippen molar-refractivity contribution in [3.63, 3.8) is 0 Å². The van der Waals surface area contributed by atoms with Crippen LogP contribution >= 0.6 is 0 Å². The zero-order valence-electron chi connectivity index (χ0n) is 13.6. The summed E-state index contributed by atoms with van der Waals surface area (Å²) in [6.07, 6.45) is 5.86. The molecule has 5 heteroatoms. The van der Waals surface area contributed by atoms with Gasteiger partial charge in [0.05, 0.1) is 12.1 Å². The summed E-state index contributed by atoms with van der Waals surface area (Å²) in [4.78, 5) is 10.7. The Hall–Kier alpha value is -2.77. The highest BCUT2D eigenvalue weighted by atomic mass is 16.5. The zero-order valence-corrected chi connectivity index (χ0v) is 13.6. The first-order valence-corrected chi connectivity index (χ1v) is 7.82. The normalized spacial score (nSPS) is 24.3. The molecule has 0 saturated carbocycles. The van der Waals surface area contributed by atoms with Crippen molar-refractivity contribution < 1.29 is 9.53 Å². The third kappa shape index (κ3) is 3.58. The Kier molecular flexibility index (Phi) is 5.62. The van der Waals surface area contributed by atoms with Crippen molar-refractivity contribution in [2.24, 2.45) is 11.3 Å². The van der Waals surface area contributed by atoms with Gasteiger partial charge >= 0.3 is 5.97 Å². The number of ether oxygens (including phenoxy) is 1. The van der Waals surface area contributed by atoms with E-state index in [1.54, 1.807) is 0 Å². The summed E-state index contributed by atoms with van der Waals surface area (Å²) in [5.41, 5.74) is 2.25. The molecule has 2 heterocycles. The second-order valence-electron chi connectivity index (χ2n) is 5.92. The summed E-state index contributed by atoms with van der Waals surface area (Å²) >= 11 is 0. The van der Waals surface area contributed by atoms with Crippen molar-refractivity contribution in [2.45, 2.75) is 38.3 Å². The van der Waals surface area contributed by atoms with Gasteiger partial charge in [0.2, 0.25) is 0 Å². The molecule has 0 aliphatic carbocycles. The fourth-order valence-corrected chi connectivity index (χ4v) is 3.24. The minimum atomic E-state index is -1.32. The van der Waals surface area contributed by atoms with Crippen molar-refractivity contribution in [3.05, 3.63) is 30.0 Å². The maximum Gasteiger partial charge on any atom is 0.303 e. The topological polar surface area (TPSA) is 85.9 Å². The monoisotopic (exact) mass is 321 g/mol. The quantitative estimate of drug-likeness (QED) is 0.370. The number of nitrogens with zero attached hydrogens (tertiary/aromatic N) is 2. The number of hydrogen-bond acceptors (Lipinski definition) is 5. The smallest absolute Gasteiger partial charge is 0.303 e. The third-order valence-corrected chi connectivity index (χ3v) is 4.39. The molecular formula is C19H19N3O2. The lowest BCUT2D eigenvalue weighted by Crippen LogP contribution is -2.42. The number of rotatable bonds is 4. The van der Waals surface area contributed by atoms with Crippen LogP contribution in [-0.4, -0.2) is 24.7 Å². The van der Waals surface area contributed by atoms with Gasteiger partial charge in [-0.05, 0) is 24.5 Å². The number of fused-ring (bicyclic) bond motifs is 2. The van der Waals surface area contributed by atoms with Crippen molar-refractivity contribution >= 4 is 5.97 Å². The first-order valence-electron chi connectivity index (χ1n) is 7.82. The molecule has 2 bridgehead atoms. The molecule has 0 aromatic rings. The van der Waals surface area contributed by atoms with E-state index in [0.29, 0.717) is 0 Å². The van der Waals surface area contributed by atoms with Crippen LogP contribution in [0.1, 0.15) is 26.2 Å². The van der Waals surface area contributed by atoms with Crippen molar-refractivity contribution in [1.29, 1.82) is 10.5 Å². The van der Waals surface area contributed by atoms with Gasteiger partial charge in [0.25, 0.3) is 0 Å². The Labute approximate surface area is 142 Å². The van der Waals surface area contributed by atoms with Gasteiger partial charge in [-0.15, -0.1) is 5.73 Å². The Balaban J connectivity index is 2.28. The van der Waals surface area contributed by atoms with Crippen molar-refractivity contribution in [2.75, 3.05) is 6.61 Å². The molecule has 2 aliphatic rings. The predicted molar refractivity (Wildman–Crippen MR) is 87.9 cm³/mol. The lowest BCUT2D eigenvalue weighted by Gasteiger charge is -2.34. The van der Waals surface area contributed by atoms with Crippen molar-refractivity contribution in [3.8, 4) is 24.0 Å². The van der Waals surface area contributed by atoms with E-state index in [-0.39, 0.29) is 31.0 Å². The molecule has 2 aliphatic heterocycles. The molecule has 122 valence electrons. The number of nitriles is 2. The molecule has 3 atom stereocenters. The fraction of sp³-hybridized carbons (Fsp3) is 0.474. The lowest BCUT2D eigenvalue weighted by atomic mass is 9.71. The van der Waals surface area contributed by atoms with E-state index in [1.807, 2.05) is 12.2 Å². The van der Waals surface area contributed by atoms with Gasteiger partial charge in [0.15, 0.2) is 12.0 Å². The van der Waals surface area contributed by atoms with Crippen LogP contribution in [0.4, 0.5) is 0 Å². The van der Waals surface area contributed by atoms with E-state index in [9.17, 15) is 15.3 Å². The molecule has 0 spiro atoms. The second-order valence-corrected chi connectivity index (χ2v) is 5.92. The summed E-state index contributed by atoms with van der Waals surface area (Å²) in [7, 11) is 0. The van der Waals surface area contributed by atoms with Crippen LogP contribution in [0.2, 0.25) is 0 Å². The highest BCUT2D eigenvalue weighted by molar-refractivity contribution is 5.66. The van der Waals surface area contributed by atoms with Gasteiger partial charge in [0, 0.05) is 31.3 Å². The minimum absolute atomic E-state index is 0.0376. The van der Waals surface area contributed by atoms with Gasteiger partial charge in [0.1, 0.15) is 0 Å². The first kappa shape index (κ1) is 17.6. The van der Waals surface area contributed by atoms with Crippen LogP contribution in [0.15, 0.2) is 30.0 Å². The Morgan fingerprint density at radius 3 is 2.83 bits per heavy atom. The number of carbonyl (C=O) groups excluding carboxylic acids is 1. The van der Waals surface area contributed by atoms with E-state index in [2.05, 4.69) is 41.6 Å². The molecule has 0 aromatic heterocycles. The molecular weight excluding hydrogens is 302 g/mol. The SMILES string of the molecule is C=C=C[C@@H]1C(C(C#N)(C#N)CC#CCOC(C)=O)=C[C@H]2CC[C@@H]1N2. The predicted octanol–water partition coefficient (Wildman–Crippen LogP) is 1.99. The molecule has 1 N–H and O–H groups in total. The standard InChI is InChI=1S/C19H19N3O2/c1-3-6-16-17(11-15-7-8-18(16)22-15)19(12-20,13-21)9-4-5-10-24-14(2)23/h6,11,15-16,18,22H,1,7-10H2,2H3/t15-,16-,18+/m1/s1. The maximum atomic E-state index is 10.7. The van der Waals surface area contributed by atoms with Crippen LogP contribution in [0.5, 0.6) is 0 Å². The van der Waals surface area contributed by atoms with E-state index in [0.717, 1.165) is 18.4 Å². The molecule has 0 amide bonds. The second kappa shape index (κ2) is 7.67. The maximum absolute atomic E-state index is 10.7. The molecule has 0 radical (unpaired) electrons. The zero-order chi connectivity index (χ0) is 17.6. The lowest BCUT2D eigenvalue weighted by molar-refractivity contribution is -0.139. The number of esters is 1. The van der Waals surface area contributed by atoms with Gasteiger partial charge in [-0.1, -0.05) is 24.5 Å². The Bertz CT molecular complexity index is 721. The average molecular weight is 321 g/mol. The van der Waals surface area contributed by atoms with Crippen LogP contribution in [0, 0.1) is 45.8 Å². The van der Waals surface area contributed by atoms with Gasteiger partial charge in [-0.2, -0.15) is 10.5 Å². The summed E-state index contributed by atoms with van der Waals surface area (Å²) in [6.45, 7) is 4.90. The van der Waals surface area contributed by atoms with Crippen LogP contribution in [0.3, 0.4) is 0 Å².